The van der Waals surface area contributed by atoms with E-state index in [1.54, 1.807) is 12.4 Å². The molecule has 0 unspecified atom stereocenters. The molecule has 0 aliphatic heterocycles. The highest BCUT2D eigenvalue weighted by molar-refractivity contribution is 9.10. The number of alkyl halides is 3. The van der Waals surface area contributed by atoms with Crippen LogP contribution in [0.5, 0.6) is 11.5 Å². The van der Waals surface area contributed by atoms with E-state index in [0.717, 1.165) is 29.4 Å². The minimum absolute atomic E-state index is 0.0185. The lowest BCUT2D eigenvalue weighted by Gasteiger charge is -2.15. The molecule has 7 heteroatoms. The minimum Gasteiger partial charge on any atom is -0.457 e. The summed E-state index contributed by atoms with van der Waals surface area (Å²) >= 11 is 2.93. The first-order chi connectivity index (χ1) is 12.1. The second-order valence-corrected chi connectivity index (χ2v) is 6.82. The van der Waals surface area contributed by atoms with Crippen molar-refractivity contribution in [2.24, 2.45) is 4.99 Å². The lowest BCUT2D eigenvalue weighted by Crippen LogP contribution is -2.14. The highest BCUT2D eigenvalue weighted by Gasteiger charge is 2.33. The summed E-state index contributed by atoms with van der Waals surface area (Å²) in [7, 11) is 1.93. The van der Waals surface area contributed by atoms with Crippen LogP contribution < -0.4 is 4.74 Å². The fourth-order valence-corrected chi connectivity index (χ4v) is 2.65. The minimum atomic E-state index is -4.45. The highest BCUT2D eigenvalue weighted by atomic mass is 79.9. The number of aliphatic imine (C=N–C) groups is 1. The Bertz CT molecular complexity index is 819. The van der Waals surface area contributed by atoms with Crippen molar-refractivity contribution in [3.63, 3.8) is 0 Å². The molecule has 2 aromatic carbocycles. The van der Waals surface area contributed by atoms with Gasteiger partial charge in [-0.2, -0.15) is 13.2 Å². The lowest BCUT2D eigenvalue weighted by atomic mass is 10.1. The van der Waals surface area contributed by atoms with Gasteiger partial charge in [-0.15, -0.1) is 0 Å². The molecule has 0 spiro atoms. The molecule has 0 N–H and O–H groups in total. The second-order valence-electron chi connectivity index (χ2n) is 5.96. The van der Waals surface area contributed by atoms with E-state index in [0.29, 0.717) is 5.75 Å². The normalized spacial score (nSPS) is 11.8. The van der Waals surface area contributed by atoms with Crippen LogP contribution in [0.1, 0.15) is 23.6 Å². The topological polar surface area (TPSA) is 24.8 Å². The summed E-state index contributed by atoms with van der Waals surface area (Å²) in [6, 6.07) is 7.45. The van der Waals surface area contributed by atoms with Crippen molar-refractivity contribution < 1.29 is 17.9 Å². The monoisotopic (exact) mass is 428 g/mol. The molecule has 140 valence electrons. The standard InChI is InChI=1S/C19H20BrF3N2O/c1-5-25(4)11-24-17-8-13(3)18(9-12(17)2)26-14-6-7-16(20)15(10-14)19(21,22)23/h6-11H,5H2,1-4H3/b24-11+. The molecule has 2 aromatic rings. The lowest BCUT2D eigenvalue weighted by molar-refractivity contribution is -0.138. The van der Waals surface area contributed by atoms with Crippen molar-refractivity contribution in [1.82, 2.24) is 4.90 Å². The van der Waals surface area contributed by atoms with Gasteiger partial charge in [0, 0.05) is 18.1 Å². The molecule has 3 nitrogen and oxygen atoms in total. The van der Waals surface area contributed by atoms with E-state index in [1.165, 1.54) is 12.1 Å². The molecule has 0 aliphatic rings. The summed E-state index contributed by atoms with van der Waals surface area (Å²) < 4.78 is 44.8. The predicted molar refractivity (Wildman–Crippen MR) is 102 cm³/mol. The number of halogens is 4. The van der Waals surface area contributed by atoms with E-state index in [9.17, 15) is 13.2 Å². The third-order valence-corrected chi connectivity index (χ3v) is 4.55. The summed E-state index contributed by atoms with van der Waals surface area (Å²) in [5.74, 6) is 0.630. The molecule has 0 fully saturated rings. The van der Waals surface area contributed by atoms with Crippen molar-refractivity contribution in [1.29, 1.82) is 0 Å². The molecule has 2 rings (SSSR count). The Hall–Kier alpha value is -2.02. The Morgan fingerprint density at radius 3 is 2.46 bits per heavy atom. The Balaban J connectivity index is 2.31. The number of benzene rings is 2. The van der Waals surface area contributed by atoms with Gasteiger partial charge in [-0.05, 0) is 62.2 Å². The quantitative estimate of drug-likeness (QED) is 0.401. The number of nitrogens with zero attached hydrogens (tertiary/aromatic N) is 2. The van der Waals surface area contributed by atoms with E-state index in [2.05, 4.69) is 20.9 Å². The number of rotatable bonds is 5. The summed E-state index contributed by atoms with van der Waals surface area (Å²) in [4.78, 5) is 6.38. The van der Waals surface area contributed by atoms with E-state index >= 15 is 0 Å². The van der Waals surface area contributed by atoms with Crippen LogP contribution in [0.4, 0.5) is 18.9 Å². The van der Waals surface area contributed by atoms with Crippen LogP contribution in [0.3, 0.4) is 0 Å². The van der Waals surface area contributed by atoms with Gasteiger partial charge in [0.05, 0.1) is 17.6 Å². The Kier molecular flexibility index (Phi) is 6.34. The molecule has 0 saturated carbocycles. The predicted octanol–water partition coefficient (Wildman–Crippen LogP) is 6.49. The molecular weight excluding hydrogens is 409 g/mol. The maximum Gasteiger partial charge on any atom is 0.417 e. The second kappa shape index (κ2) is 8.12. The average molecular weight is 429 g/mol. The summed E-state index contributed by atoms with van der Waals surface area (Å²) in [6.07, 6.45) is -2.71. The molecule has 0 aromatic heterocycles. The van der Waals surface area contributed by atoms with Crippen LogP contribution in [0.25, 0.3) is 0 Å². The highest BCUT2D eigenvalue weighted by Crippen LogP contribution is 2.38. The number of aryl methyl sites for hydroxylation is 2. The zero-order chi connectivity index (χ0) is 19.5. The van der Waals surface area contributed by atoms with E-state index in [1.807, 2.05) is 38.8 Å². The number of ether oxygens (including phenoxy) is 1. The fraction of sp³-hybridized carbons (Fsp3) is 0.316. The van der Waals surface area contributed by atoms with Crippen molar-refractivity contribution in [2.45, 2.75) is 26.9 Å². The van der Waals surface area contributed by atoms with E-state index in [4.69, 9.17) is 4.74 Å². The third kappa shape index (κ3) is 5.00. The fourth-order valence-electron chi connectivity index (χ4n) is 2.18. The average Bonchev–Trinajstić information content (AvgIpc) is 2.56. The molecular formula is C19H20BrF3N2O. The maximum atomic E-state index is 13.0. The largest absolute Gasteiger partial charge is 0.457 e. The summed E-state index contributed by atoms with van der Waals surface area (Å²) in [5.41, 5.74) is 1.69. The molecule has 0 heterocycles. The molecule has 26 heavy (non-hydrogen) atoms. The van der Waals surface area contributed by atoms with Crippen LogP contribution >= 0.6 is 15.9 Å². The Morgan fingerprint density at radius 2 is 1.85 bits per heavy atom. The zero-order valence-corrected chi connectivity index (χ0v) is 16.6. The van der Waals surface area contributed by atoms with Gasteiger partial charge in [-0.3, -0.25) is 0 Å². The van der Waals surface area contributed by atoms with Crippen molar-refractivity contribution >= 4 is 28.0 Å². The smallest absolute Gasteiger partial charge is 0.417 e. The van der Waals surface area contributed by atoms with Crippen LogP contribution in [-0.2, 0) is 6.18 Å². The first kappa shape index (κ1) is 20.3. The first-order valence-electron chi connectivity index (χ1n) is 8.02. The first-order valence-corrected chi connectivity index (χ1v) is 8.81. The van der Waals surface area contributed by atoms with Crippen LogP contribution in [0, 0.1) is 13.8 Å². The van der Waals surface area contributed by atoms with Crippen molar-refractivity contribution in [3.05, 3.63) is 51.5 Å². The summed E-state index contributed by atoms with van der Waals surface area (Å²) in [6.45, 7) is 6.58. The number of hydrogen-bond acceptors (Lipinski definition) is 2. The molecule has 0 radical (unpaired) electrons. The van der Waals surface area contributed by atoms with Gasteiger partial charge in [0.2, 0.25) is 0 Å². The van der Waals surface area contributed by atoms with Crippen molar-refractivity contribution in [3.8, 4) is 11.5 Å². The SMILES string of the molecule is CCN(C)/C=N/c1cc(C)c(Oc2ccc(Br)c(C(F)(F)F)c2)cc1C. The zero-order valence-electron chi connectivity index (χ0n) is 15.0. The van der Waals surface area contributed by atoms with E-state index < -0.39 is 11.7 Å². The molecule has 0 aliphatic carbocycles. The van der Waals surface area contributed by atoms with Crippen LogP contribution in [0.2, 0.25) is 0 Å². The van der Waals surface area contributed by atoms with Crippen molar-refractivity contribution in [2.75, 3.05) is 13.6 Å². The molecule has 0 saturated heterocycles. The Morgan fingerprint density at radius 1 is 1.15 bits per heavy atom. The van der Waals surface area contributed by atoms with Gasteiger partial charge in [0.25, 0.3) is 0 Å². The maximum absolute atomic E-state index is 13.0. The van der Waals surface area contributed by atoms with Crippen LogP contribution in [0.15, 0.2) is 39.8 Å². The third-order valence-electron chi connectivity index (χ3n) is 3.86. The Labute approximate surface area is 159 Å². The van der Waals surface area contributed by atoms with Gasteiger partial charge in [0.1, 0.15) is 11.5 Å². The molecule has 0 amide bonds. The van der Waals surface area contributed by atoms with Gasteiger partial charge in [-0.25, -0.2) is 4.99 Å². The van der Waals surface area contributed by atoms with Gasteiger partial charge < -0.3 is 9.64 Å². The van der Waals surface area contributed by atoms with E-state index in [-0.39, 0.29) is 10.2 Å². The van der Waals surface area contributed by atoms with Gasteiger partial charge in [0.15, 0.2) is 0 Å². The molecule has 0 bridgehead atoms. The number of hydrogen-bond donors (Lipinski definition) is 0. The molecule has 0 atom stereocenters. The van der Waals surface area contributed by atoms with Gasteiger partial charge >= 0.3 is 6.18 Å². The van der Waals surface area contributed by atoms with Crippen LogP contribution in [-0.4, -0.2) is 24.8 Å². The van der Waals surface area contributed by atoms with Gasteiger partial charge in [-0.1, -0.05) is 15.9 Å². The summed E-state index contributed by atoms with van der Waals surface area (Å²) in [5, 5.41) is 0.